The molecule has 1 unspecified atom stereocenters. The molecule has 1 aromatic carbocycles. The van der Waals surface area contributed by atoms with Crippen LogP contribution in [0.1, 0.15) is 6.42 Å². The van der Waals surface area contributed by atoms with Crippen LogP contribution in [0.25, 0.3) is 0 Å². The highest BCUT2D eigenvalue weighted by Gasteiger charge is 2.13. The molecule has 4 heteroatoms. The van der Waals surface area contributed by atoms with E-state index in [4.69, 9.17) is 10.5 Å². The predicted molar refractivity (Wildman–Crippen MR) is 60.0 cm³/mol. The lowest BCUT2D eigenvalue weighted by Crippen LogP contribution is -2.40. The van der Waals surface area contributed by atoms with Crippen LogP contribution in [0.4, 0.5) is 0 Å². The van der Waals surface area contributed by atoms with Gasteiger partial charge in [-0.05, 0) is 18.6 Å². The molecule has 3 N–H and O–H groups in total. The zero-order chi connectivity index (χ0) is 10.5. The van der Waals surface area contributed by atoms with E-state index < -0.39 is 0 Å². The molecule has 0 fully saturated rings. The van der Waals surface area contributed by atoms with Crippen molar-refractivity contribution in [3.8, 4) is 5.75 Å². The van der Waals surface area contributed by atoms with Crippen LogP contribution in [0, 0.1) is 0 Å². The maximum absolute atomic E-state index is 5.60. The van der Waals surface area contributed by atoms with Gasteiger partial charge in [0.25, 0.3) is 0 Å². The Labute approximate surface area is 89.1 Å². The van der Waals surface area contributed by atoms with Crippen molar-refractivity contribution < 1.29 is 4.74 Å². The molecule has 0 aliphatic carbocycles. The van der Waals surface area contributed by atoms with E-state index >= 15 is 0 Å². The topological polar surface area (TPSA) is 59.6 Å². The molecule has 0 saturated carbocycles. The Kier molecular flexibility index (Phi) is 3.07. The Morgan fingerprint density at radius 1 is 1.40 bits per heavy atom. The second-order valence-corrected chi connectivity index (χ2v) is 3.51. The van der Waals surface area contributed by atoms with Gasteiger partial charge in [-0.2, -0.15) is 0 Å². The summed E-state index contributed by atoms with van der Waals surface area (Å²) >= 11 is 0. The molecule has 1 atom stereocenters. The van der Waals surface area contributed by atoms with Crippen molar-refractivity contribution in [3.05, 3.63) is 30.3 Å². The summed E-state index contributed by atoms with van der Waals surface area (Å²) in [6.07, 6.45) is 0.966. The van der Waals surface area contributed by atoms with Crippen molar-refractivity contribution in [3.63, 3.8) is 0 Å². The van der Waals surface area contributed by atoms with Gasteiger partial charge < -0.3 is 15.8 Å². The molecule has 80 valence electrons. The first kappa shape index (κ1) is 9.83. The van der Waals surface area contributed by atoms with Gasteiger partial charge in [-0.25, -0.2) is 4.99 Å². The van der Waals surface area contributed by atoms with Crippen LogP contribution in [0.5, 0.6) is 5.75 Å². The largest absolute Gasteiger partial charge is 0.491 e. The highest BCUT2D eigenvalue weighted by atomic mass is 16.5. The van der Waals surface area contributed by atoms with Gasteiger partial charge >= 0.3 is 0 Å². The molecule has 2 rings (SSSR count). The molecule has 15 heavy (non-hydrogen) atoms. The third-order valence-corrected chi connectivity index (χ3v) is 2.29. The third kappa shape index (κ3) is 2.87. The monoisotopic (exact) mass is 205 g/mol. The molecule has 1 heterocycles. The quantitative estimate of drug-likeness (QED) is 0.765. The van der Waals surface area contributed by atoms with Gasteiger partial charge in [0.1, 0.15) is 12.4 Å². The summed E-state index contributed by atoms with van der Waals surface area (Å²) in [5.74, 6) is 1.40. The lowest BCUT2D eigenvalue weighted by atomic mass is 10.2. The molecule has 4 nitrogen and oxygen atoms in total. The molecule has 0 radical (unpaired) electrons. The number of para-hydroxylation sites is 1. The molecule has 0 bridgehead atoms. The maximum Gasteiger partial charge on any atom is 0.188 e. The van der Waals surface area contributed by atoms with Gasteiger partial charge in [-0.1, -0.05) is 18.2 Å². The second kappa shape index (κ2) is 4.68. The lowest BCUT2D eigenvalue weighted by Gasteiger charge is -2.19. The van der Waals surface area contributed by atoms with E-state index in [1.807, 2.05) is 30.3 Å². The fourth-order valence-electron chi connectivity index (χ4n) is 1.50. The van der Waals surface area contributed by atoms with E-state index in [1.165, 1.54) is 0 Å². The van der Waals surface area contributed by atoms with Crippen LogP contribution in [-0.2, 0) is 0 Å². The van der Waals surface area contributed by atoms with Gasteiger partial charge in [-0.15, -0.1) is 0 Å². The van der Waals surface area contributed by atoms with Gasteiger partial charge in [-0.3, -0.25) is 0 Å². The molecule has 1 aliphatic heterocycles. The van der Waals surface area contributed by atoms with Crippen LogP contribution in [0.15, 0.2) is 35.3 Å². The molecular weight excluding hydrogens is 190 g/mol. The summed E-state index contributed by atoms with van der Waals surface area (Å²) in [5.41, 5.74) is 5.58. The predicted octanol–water partition coefficient (Wildman–Crippen LogP) is 0.742. The van der Waals surface area contributed by atoms with Gasteiger partial charge in [0.05, 0.1) is 6.04 Å². The van der Waals surface area contributed by atoms with Crippen molar-refractivity contribution in [1.82, 2.24) is 5.32 Å². The Hall–Kier alpha value is -1.71. The van der Waals surface area contributed by atoms with E-state index in [2.05, 4.69) is 10.3 Å². The van der Waals surface area contributed by atoms with E-state index in [0.29, 0.717) is 12.6 Å². The van der Waals surface area contributed by atoms with Crippen molar-refractivity contribution in [2.24, 2.45) is 10.7 Å². The summed E-state index contributed by atoms with van der Waals surface area (Å²) in [7, 11) is 0. The summed E-state index contributed by atoms with van der Waals surface area (Å²) in [5, 5.41) is 2.98. The number of nitrogens with one attached hydrogen (secondary N) is 1. The number of ether oxygens (including phenoxy) is 1. The lowest BCUT2D eigenvalue weighted by molar-refractivity contribution is 0.280. The molecule has 0 spiro atoms. The number of benzene rings is 1. The van der Waals surface area contributed by atoms with Crippen LogP contribution in [0.3, 0.4) is 0 Å². The highest BCUT2D eigenvalue weighted by molar-refractivity contribution is 5.78. The molecule has 0 amide bonds. The first-order valence-electron chi connectivity index (χ1n) is 5.09. The summed E-state index contributed by atoms with van der Waals surface area (Å²) in [6, 6.07) is 9.92. The number of nitrogens with two attached hydrogens (primary N) is 1. The number of rotatable bonds is 3. The van der Waals surface area contributed by atoms with Crippen molar-refractivity contribution in [2.75, 3.05) is 13.2 Å². The van der Waals surface area contributed by atoms with E-state index in [9.17, 15) is 0 Å². The molecule has 1 aromatic rings. The Balaban J connectivity index is 1.86. The Morgan fingerprint density at radius 2 is 2.20 bits per heavy atom. The molecular formula is C11H15N3O. The first-order chi connectivity index (χ1) is 7.34. The van der Waals surface area contributed by atoms with Crippen molar-refractivity contribution >= 4 is 5.96 Å². The van der Waals surface area contributed by atoms with Gasteiger partial charge in [0.2, 0.25) is 0 Å². The van der Waals surface area contributed by atoms with E-state index in [0.717, 1.165) is 18.7 Å². The minimum atomic E-state index is 0.173. The number of guanidine groups is 1. The molecule has 1 aliphatic rings. The SMILES string of the molecule is NC1=NC(COc2ccccc2)CCN1. The van der Waals surface area contributed by atoms with Gasteiger partial charge in [0.15, 0.2) is 5.96 Å². The standard InChI is InChI=1S/C11H15N3O/c12-11-13-7-6-9(14-11)8-15-10-4-2-1-3-5-10/h1-5,9H,6-8H2,(H3,12,13,14). The van der Waals surface area contributed by atoms with Crippen LogP contribution >= 0.6 is 0 Å². The number of hydrogen-bond acceptors (Lipinski definition) is 4. The Morgan fingerprint density at radius 3 is 2.93 bits per heavy atom. The van der Waals surface area contributed by atoms with E-state index in [-0.39, 0.29) is 6.04 Å². The zero-order valence-electron chi connectivity index (χ0n) is 8.52. The summed E-state index contributed by atoms with van der Waals surface area (Å²) in [6.45, 7) is 1.46. The van der Waals surface area contributed by atoms with Crippen molar-refractivity contribution in [2.45, 2.75) is 12.5 Å². The van der Waals surface area contributed by atoms with Gasteiger partial charge in [0, 0.05) is 6.54 Å². The molecule has 0 saturated heterocycles. The van der Waals surface area contributed by atoms with Crippen LogP contribution < -0.4 is 15.8 Å². The normalized spacial score (nSPS) is 20.3. The second-order valence-electron chi connectivity index (χ2n) is 3.51. The Bertz CT molecular complexity index is 337. The van der Waals surface area contributed by atoms with Crippen LogP contribution in [0.2, 0.25) is 0 Å². The number of hydrogen-bond donors (Lipinski definition) is 2. The summed E-state index contributed by atoms with van der Waals surface area (Å²) < 4.78 is 5.60. The minimum Gasteiger partial charge on any atom is -0.491 e. The molecule has 0 aromatic heterocycles. The first-order valence-corrected chi connectivity index (χ1v) is 5.09. The average molecular weight is 205 g/mol. The van der Waals surface area contributed by atoms with Crippen LogP contribution in [-0.4, -0.2) is 25.2 Å². The third-order valence-electron chi connectivity index (χ3n) is 2.29. The number of nitrogens with zero attached hydrogens (tertiary/aromatic N) is 1. The van der Waals surface area contributed by atoms with E-state index in [1.54, 1.807) is 0 Å². The number of aliphatic imine (C=N–C) groups is 1. The summed E-state index contributed by atoms with van der Waals surface area (Å²) in [4.78, 5) is 4.26. The smallest absolute Gasteiger partial charge is 0.188 e. The fourth-order valence-corrected chi connectivity index (χ4v) is 1.50. The fraction of sp³-hybridized carbons (Fsp3) is 0.364. The highest BCUT2D eigenvalue weighted by Crippen LogP contribution is 2.10. The zero-order valence-corrected chi connectivity index (χ0v) is 8.52. The average Bonchev–Trinajstić information content (AvgIpc) is 2.28. The van der Waals surface area contributed by atoms with Crippen molar-refractivity contribution in [1.29, 1.82) is 0 Å². The maximum atomic E-state index is 5.60. The minimum absolute atomic E-state index is 0.173.